The summed E-state index contributed by atoms with van der Waals surface area (Å²) in [4.78, 5) is 14.4. The van der Waals surface area contributed by atoms with Gasteiger partial charge in [-0.3, -0.25) is 4.79 Å². The first-order valence-corrected chi connectivity index (χ1v) is 8.68. The lowest BCUT2D eigenvalue weighted by molar-refractivity contribution is 0.0993. The molecule has 0 atom stereocenters. The van der Waals surface area contributed by atoms with Crippen molar-refractivity contribution in [2.75, 3.05) is 11.9 Å². The molecule has 2 heteroatoms. The van der Waals surface area contributed by atoms with Crippen LogP contribution in [0.4, 0.5) is 5.69 Å². The van der Waals surface area contributed by atoms with E-state index in [1.165, 1.54) is 16.7 Å². The molecule has 25 heavy (non-hydrogen) atoms. The van der Waals surface area contributed by atoms with E-state index in [4.69, 9.17) is 0 Å². The number of para-hydroxylation sites is 1. The molecule has 2 nitrogen and oxygen atoms in total. The highest BCUT2D eigenvalue weighted by Gasteiger charge is 2.25. The van der Waals surface area contributed by atoms with Crippen molar-refractivity contribution >= 4 is 17.2 Å². The van der Waals surface area contributed by atoms with Gasteiger partial charge in [0.25, 0.3) is 5.91 Å². The van der Waals surface area contributed by atoms with Gasteiger partial charge in [0.2, 0.25) is 0 Å². The average Bonchev–Trinajstić information content (AvgIpc) is 2.59. The Bertz CT molecular complexity index is 813. The minimum Gasteiger partial charge on any atom is -0.311 e. The van der Waals surface area contributed by atoms with Gasteiger partial charge in [-0.05, 0) is 53.7 Å². The minimum atomic E-state index is 0.000105. The van der Waals surface area contributed by atoms with Crippen molar-refractivity contribution in [3.63, 3.8) is 0 Å². The molecule has 0 radical (unpaired) electrons. The predicted octanol–water partition coefficient (Wildman–Crippen LogP) is 5.72. The second-order valence-electron chi connectivity index (χ2n) is 7.62. The van der Waals surface area contributed by atoms with E-state index in [0.717, 1.165) is 18.5 Å². The van der Waals surface area contributed by atoms with Crippen LogP contribution in [0.25, 0.3) is 5.57 Å². The van der Waals surface area contributed by atoms with Crippen LogP contribution in [0.5, 0.6) is 0 Å². The van der Waals surface area contributed by atoms with Crippen molar-refractivity contribution in [3.05, 3.63) is 84.0 Å². The fourth-order valence-corrected chi connectivity index (χ4v) is 3.52. The van der Waals surface area contributed by atoms with Gasteiger partial charge in [0.05, 0.1) is 0 Å². The maximum atomic E-state index is 12.7. The van der Waals surface area contributed by atoms with Crippen LogP contribution in [0.2, 0.25) is 0 Å². The van der Waals surface area contributed by atoms with E-state index in [2.05, 4.69) is 26.5 Å². The van der Waals surface area contributed by atoms with E-state index in [1.807, 2.05) is 61.6 Å². The topological polar surface area (TPSA) is 20.3 Å². The van der Waals surface area contributed by atoms with Crippen LogP contribution in [-0.4, -0.2) is 13.0 Å². The van der Waals surface area contributed by atoms with E-state index in [-0.39, 0.29) is 11.3 Å². The van der Waals surface area contributed by atoms with Gasteiger partial charge in [-0.25, -0.2) is 0 Å². The Kier molecular flexibility index (Phi) is 4.63. The van der Waals surface area contributed by atoms with E-state index in [0.29, 0.717) is 5.56 Å². The fourth-order valence-electron chi connectivity index (χ4n) is 3.52. The van der Waals surface area contributed by atoms with Crippen LogP contribution in [0.1, 0.15) is 42.6 Å². The zero-order valence-electron chi connectivity index (χ0n) is 15.3. The normalized spacial score (nSPS) is 16.3. The molecule has 0 N–H and O–H groups in total. The summed E-state index contributed by atoms with van der Waals surface area (Å²) in [6.45, 7) is 8.70. The van der Waals surface area contributed by atoms with Crippen molar-refractivity contribution in [1.82, 2.24) is 0 Å². The zero-order valence-corrected chi connectivity index (χ0v) is 15.3. The van der Waals surface area contributed by atoms with Crippen LogP contribution in [0, 0.1) is 5.41 Å². The first kappa shape index (κ1) is 17.2. The zero-order chi connectivity index (χ0) is 18.0. The number of anilines is 1. The van der Waals surface area contributed by atoms with Gasteiger partial charge in [-0.2, -0.15) is 0 Å². The molecule has 0 fully saturated rings. The van der Waals surface area contributed by atoms with Gasteiger partial charge < -0.3 is 4.90 Å². The van der Waals surface area contributed by atoms with Gasteiger partial charge in [-0.15, -0.1) is 0 Å². The molecule has 0 saturated carbocycles. The summed E-state index contributed by atoms with van der Waals surface area (Å²) in [5, 5.41) is 0. The summed E-state index contributed by atoms with van der Waals surface area (Å²) in [6.07, 6.45) is 4.26. The number of hydrogen-bond acceptors (Lipinski definition) is 1. The van der Waals surface area contributed by atoms with Gasteiger partial charge in [0.15, 0.2) is 0 Å². The largest absolute Gasteiger partial charge is 0.311 e. The number of carbonyl (C=O) groups is 1. The van der Waals surface area contributed by atoms with E-state index in [1.54, 1.807) is 4.90 Å². The lowest BCUT2D eigenvalue weighted by Crippen LogP contribution is -2.26. The highest BCUT2D eigenvalue weighted by molar-refractivity contribution is 6.05. The maximum Gasteiger partial charge on any atom is 0.258 e. The Morgan fingerprint density at radius 3 is 2.24 bits per heavy atom. The monoisotopic (exact) mass is 331 g/mol. The Morgan fingerprint density at radius 2 is 1.64 bits per heavy atom. The minimum absolute atomic E-state index is 0.000105. The molecule has 2 aromatic rings. The highest BCUT2D eigenvalue weighted by atomic mass is 16.2. The summed E-state index contributed by atoms with van der Waals surface area (Å²) in [6, 6.07) is 17.6. The van der Waals surface area contributed by atoms with E-state index < -0.39 is 0 Å². The standard InChI is InChI=1S/C23H25NO/c1-17-14-20(16-23(2,3)15-17)18-10-12-19(13-11-18)22(25)24(4)21-8-6-5-7-9-21/h5-14H,1,15-16H2,2-4H3. The summed E-state index contributed by atoms with van der Waals surface area (Å²) >= 11 is 0. The molecule has 0 saturated heterocycles. The lowest BCUT2D eigenvalue weighted by atomic mass is 9.74. The molecule has 0 spiro atoms. The van der Waals surface area contributed by atoms with Gasteiger partial charge in [0.1, 0.15) is 0 Å². The molecular weight excluding hydrogens is 306 g/mol. The molecule has 2 aromatic carbocycles. The van der Waals surface area contributed by atoms with Crippen LogP contribution < -0.4 is 4.90 Å². The smallest absolute Gasteiger partial charge is 0.258 e. The average molecular weight is 331 g/mol. The Labute approximate surface area is 150 Å². The second-order valence-corrected chi connectivity index (χ2v) is 7.62. The van der Waals surface area contributed by atoms with Crippen LogP contribution in [0.15, 0.2) is 72.8 Å². The molecule has 1 aliphatic carbocycles. The molecule has 0 aromatic heterocycles. The van der Waals surface area contributed by atoms with E-state index in [9.17, 15) is 4.79 Å². The van der Waals surface area contributed by atoms with Crippen LogP contribution in [-0.2, 0) is 0 Å². The van der Waals surface area contributed by atoms with Gasteiger partial charge >= 0.3 is 0 Å². The molecule has 0 bridgehead atoms. The number of amides is 1. The van der Waals surface area contributed by atoms with Crippen molar-refractivity contribution in [3.8, 4) is 0 Å². The molecule has 0 aliphatic heterocycles. The predicted molar refractivity (Wildman–Crippen MR) is 106 cm³/mol. The molecule has 128 valence electrons. The first-order chi connectivity index (χ1) is 11.9. The van der Waals surface area contributed by atoms with Crippen LogP contribution in [0.3, 0.4) is 0 Å². The molecular formula is C23H25NO. The van der Waals surface area contributed by atoms with Crippen molar-refractivity contribution < 1.29 is 4.79 Å². The Morgan fingerprint density at radius 1 is 1.00 bits per heavy atom. The summed E-state index contributed by atoms with van der Waals surface area (Å²) in [5.41, 5.74) is 5.48. The fraction of sp³-hybridized carbons (Fsp3) is 0.261. The number of benzene rings is 2. The summed E-state index contributed by atoms with van der Waals surface area (Å²) in [7, 11) is 1.81. The van der Waals surface area contributed by atoms with Gasteiger partial charge in [0, 0.05) is 18.3 Å². The van der Waals surface area contributed by atoms with Crippen molar-refractivity contribution in [2.24, 2.45) is 5.41 Å². The van der Waals surface area contributed by atoms with E-state index >= 15 is 0 Å². The Hall–Kier alpha value is -2.61. The SMILES string of the molecule is C=C1C=C(c2ccc(C(=O)N(C)c3ccccc3)cc2)CC(C)(C)C1. The van der Waals surface area contributed by atoms with Crippen molar-refractivity contribution in [2.45, 2.75) is 26.7 Å². The molecule has 0 heterocycles. The number of hydrogen-bond donors (Lipinski definition) is 0. The lowest BCUT2D eigenvalue weighted by Gasteiger charge is -2.31. The third kappa shape index (κ3) is 3.90. The number of allylic oxidation sites excluding steroid dienone is 3. The number of nitrogens with zero attached hydrogens (tertiary/aromatic N) is 1. The highest BCUT2D eigenvalue weighted by Crippen LogP contribution is 2.41. The van der Waals surface area contributed by atoms with Crippen LogP contribution >= 0.6 is 0 Å². The molecule has 3 rings (SSSR count). The third-order valence-corrected chi connectivity index (χ3v) is 4.70. The summed E-state index contributed by atoms with van der Waals surface area (Å²) < 4.78 is 0. The summed E-state index contributed by atoms with van der Waals surface area (Å²) in [5.74, 6) is 0.000105. The number of rotatable bonds is 3. The third-order valence-electron chi connectivity index (χ3n) is 4.70. The first-order valence-electron chi connectivity index (χ1n) is 8.68. The second kappa shape index (κ2) is 6.72. The Balaban J connectivity index is 1.81. The molecule has 0 unspecified atom stereocenters. The maximum absolute atomic E-state index is 12.7. The molecule has 1 amide bonds. The quantitative estimate of drug-likeness (QED) is 0.704. The van der Waals surface area contributed by atoms with Crippen molar-refractivity contribution in [1.29, 1.82) is 0 Å². The number of carbonyl (C=O) groups excluding carboxylic acids is 1. The van der Waals surface area contributed by atoms with Gasteiger partial charge in [-0.1, -0.05) is 62.4 Å². The molecule has 1 aliphatic rings.